The highest BCUT2D eigenvalue weighted by atomic mass is 35.5. The van der Waals surface area contributed by atoms with E-state index in [1.54, 1.807) is 30.3 Å². The van der Waals surface area contributed by atoms with E-state index >= 15 is 0 Å². The average molecular weight is 304 g/mol. The number of rotatable bonds is 2. The maximum absolute atomic E-state index is 11.9. The molecule has 21 heavy (non-hydrogen) atoms. The lowest BCUT2D eigenvalue weighted by Gasteiger charge is -2.04. The third-order valence-electron chi connectivity index (χ3n) is 2.72. The van der Waals surface area contributed by atoms with Gasteiger partial charge in [0.25, 0.3) is 0 Å². The minimum atomic E-state index is -0.495. The van der Waals surface area contributed by atoms with Crippen molar-refractivity contribution in [1.82, 2.24) is 4.98 Å². The molecular formula is C15H10ClNO4. The van der Waals surface area contributed by atoms with Crippen LogP contribution in [0.25, 0.3) is 11.0 Å². The van der Waals surface area contributed by atoms with Crippen LogP contribution in [-0.2, 0) is 0 Å². The summed E-state index contributed by atoms with van der Waals surface area (Å²) in [5, 5.41) is 0.758. The topological polar surface area (TPSA) is 69.4 Å². The molecule has 0 aliphatic heterocycles. The largest absolute Gasteiger partial charge is 0.423 e. The standard InChI is InChI=1S/C15H9NO4.ClH/c17-14-4-2-10-1-3-12(9-13(10)20-14)19-15(18)11-5-7-16-8-6-11;/h1-9H;1H. The summed E-state index contributed by atoms with van der Waals surface area (Å²) in [5.41, 5.74) is 0.322. The fourth-order valence-corrected chi connectivity index (χ4v) is 1.76. The number of pyridine rings is 1. The van der Waals surface area contributed by atoms with Gasteiger partial charge in [0.05, 0.1) is 5.56 Å². The fraction of sp³-hybridized carbons (Fsp3) is 0. The predicted molar refractivity (Wildman–Crippen MR) is 78.9 cm³/mol. The van der Waals surface area contributed by atoms with Gasteiger partial charge < -0.3 is 9.15 Å². The second-order valence-electron chi connectivity index (χ2n) is 4.08. The second kappa shape index (κ2) is 6.19. The van der Waals surface area contributed by atoms with Gasteiger partial charge in [-0.15, -0.1) is 12.4 Å². The van der Waals surface area contributed by atoms with Gasteiger partial charge in [-0.1, -0.05) is 0 Å². The molecular weight excluding hydrogens is 294 g/mol. The minimum Gasteiger partial charge on any atom is -0.423 e. The summed E-state index contributed by atoms with van der Waals surface area (Å²) in [5.74, 6) is -0.182. The van der Waals surface area contributed by atoms with Crippen LogP contribution in [-0.4, -0.2) is 11.0 Å². The smallest absolute Gasteiger partial charge is 0.343 e. The van der Waals surface area contributed by atoms with E-state index in [1.165, 1.54) is 24.5 Å². The number of benzene rings is 1. The zero-order valence-electron chi connectivity index (χ0n) is 10.7. The molecule has 0 spiro atoms. The van der Waals surface area contributed by atoms with Crippen LogP contribution in [0.15, 0.2) is 64.1 Å². The van der Waals surface area contributed by atoms with Crippen molar-refractivity contribution in [3.63, 3.8) is 0 Å². The molecule has 0 unspecified atom stereocenters. The van der Waals surface area contributed by atoms with Gasteiger partial charge in [-0.3, -0.25) is 4.98 Å². The van der Waals surface area contributed by atoms with E-state index in [9.17, 15) is 9.59 Å². The highest BCUT2D eigenvalue weighted by molar-refractivity contribution is 5.91. The van der Waals surface area contributed by atoms with Gasteiger partial charge >= 0.3 is 11.6 Å². The van der Waals surface area contributed by atoms with Crippen molar-refractivity contribution in [2.75, 3.05) is 0 Å². The Balaban J connectivity index is 0.00000161. The van der Waals surface area contributed by atoms with Crippen LogP contribution < -0.4 is 10.4 Å². The first-order chi connectivity index (χ1) is 9.72. The van der Waals surface area contributed by atoms with Crippen molar-refractivity contribution >= 4 is 29.3 Å². The van der Waals surface area contributed by atoms with E-state index in [2.05, 4.69) is 4.98 Å². The molecule has 5 nitrogen and oxygen atoms in total. The van der Waals surface area contributed by atoms with Crippen LogP contribution in [0.3, 0.4) is 0 Å². The quantitative estimate of drug-likeness (QED) is 0.413. The Morgan fingerprint density at radius 1 is 1.05 bits per heavy atom. The van der Waals surface area contributed by atoms with Crippen molar-refractivity contribution in [3.05, 3.63) is 70.8 Å². The molecule has 1 aromatic carbocycles. The lowest BCUT2D eigenvalue weighted by molar-refractivity contribution is 0.0735. The molecule has 0 amide bonds. The zero-order valence-corrected chi connectivity index (χ0v) is 11.5. The molecule has 0 radical (unpaired) electrons. The predicted octanol–water partition coefficient (Wildman–Crippen LogP) is 2.83. The van der Waals surface area contributed by atoms with Crippen LogP contribution >= 0.6 is 12.4 Å². The molecule has 3 aromatic rings. The molecule has 0 bridgehead atoms. The van der Waals surface area contributed by atoms with Crippen LogP contribution in [0, 0.1) is 0 Å². The molecule has 106 valence electrons. The summed E-state index contributed by atoms with van der Waals surface area (Å²) in [7, 11) is 0. The van der Waals surface area contributed by atoms with Crippen molar-refractivity contribution < 1.29 is 13.9 Å². The Bertz CT molecular complexity index is 830. The van der Waals surface area contributed by atoms with Crippen LogP contribution in [0.2, 0.25) is 0 Å². The highest BCUT2D eigenvalue weighted by Gasteiger charge is 2.09. The number of esters is 1. The summed E-state index contributed by atoms with van der Waals surface area (Å²) >= 11 is 0. The first-order valence-electron chi connectivity index (χ1n) is 5.88. The van der Waals surface area contributed by atoms with Crippen molar-refractivity contribution in [2.45, 2.75) is 0 Å². The number of hydrogen-bond acceptors (Lipinski definition) is 5. The Morgan fingerprint density at radius 3 is 2.52 bits per heavy atom. The number of halogens is 1. The summed E-state index contributed by atoms with van der Waals surface area (Å²) in [6, 6.07) is 11.0. The molecule has 0 saturated carbocycles. The molecule has 0 aliphatic carbocycles. The Labute approximate surface area is 125 Å². The maximum Gasteiger partial charge on any atom is 0.343 e. The lowest BCUT2D eigenvalue weighted by atomic mass is 10.2. The summed E-state index contributed by atoms with van der Waals surface area (Å²) in [6.45, 7) is 0. The first kappa shape index (κ1) is 14.7. The molecule has 6 heteroatoms. The molecule has 0 aliphatic rings. The van der Waals surface area contributed by atoms with Gasteiger partial charge in [-0.05, 0) is 30.3 Å². The van der Waals surface area contributed by atoms with E-state index in [1.807, 2.05) is 0 Å². The Kier molecular flexibility index (Phi) is 4.35. The van der Waals surface area contributed by atoms with Gasteiger partial charge in [0.1, 0.15) is 11.3 Å². The van der Waals surface area contributed by atoms with Crippen LogP contribution in [0.5, 0.6) is 5.75 Å². The number of hydrogen-bond donors (Lipinski definition) is 0. The van der Waals surface area contributed by atoms with Gasteiger partial charge in [-0.25, -0.2) is 9.59 Å². The monoisotopic (exact) mass is 303 g/mol. The maximum atomic E-state index is 11.9. The number of fused-ring (bicyclic) bond motifs is 1. The Morgan fingerprint density at radius 2 is 1.76 bits per heavy atom. The van der Waals surface area contributed by atoms with Crippen molar-refractivity contribution in [3.8, 4) is 5.75 Å². The number of carbonyl (C=O) groups excluding carboxylic acids is 1. The molecule has 3 rings (SSSR count). The molecule has 2 heterocycles. The van der Waals surface area contributed by atoms with E-state index in [4.69, 9.17) is 9.15 Å². The van der Waals surface area contributed by atoms with Crippen molar-refractivity contribution in [2.24, 2.45) is 0 Å². The van der Waals surface area contributed by atoms with E-state index in [0.717, 1.165) is 5.39 Å². The third kappa shape index (κ3) is 3.27. The van der Waals surface area contributed by atoms with E-state index < -0.39 is 11.6 Å². The SMILES string of the molecule is Cl.O=C(Oc1ccc2ccc(=O)oc2c1)c1ccncc1. The lowest BCUT2D eigenvalue weighted by Crippen LogP contribution is -2.08. The average Bonchev–Trinajstić information content (AvgIpc) is 2.47. The molecule has 0 N–H and O–H groups in total. The number of nitrogens with zero attached hydrogens (tertiary/aromatic N) is 1. The van der Waals surface area contributed by atoms with Gasteiger partial charge in [0.15, 0.2) is 0 Å². The highest BCUT2D eigenvalue weighted by Crippen LogP contribution is 2.20. The van der Waals surface area contributed by atoms with Gasteiger partial charge in [0, 0.05) is 29.9 Å². The molecule has 0 fully saturated rings. The number of aromatic nitrogens is 1. The third-order valence-corrected chi connectivity index (χ3v) is 2.72. The first-order valence-corrected chi connectivity index (χ1v) is 5.88. The number of ether oxygens (including phenoxy) is 1. The van der Waals surface area contributed by atoms with Crippen LogP contribution in [0.1, 0.15) is 10.4 Å². The van der Waals surface area contributed by atoms with Crippen LogP contribution in [0.4, 0.5) is 0 Å². The normalized spacial score (nSPS) is 9.90. The fourth-order valence-electron chi connectivity index (χ4n) is 1.76. The van der Waals surface area contributed by atoms with E-state index in [-0.39, 0.29) is 12.4 Å². The summed E-state index contributed by atoms with van der Waals surface area (Å²) in [6.07, 6.45) is 3.02. The molecule has 2 aromatic heterocycles. The summed E-state index contributed by atoms with van der Waals surface area (Å²) < 4.78 is 10.3. The second-order valence-corrected chi connectivity index (χ2v) is 4.08. The van der Waals surface area contributed by atoms with Crippen molar-refractivity contribution in [1.29, 1.82) is 0 Å². The van der Waals surface area contributed by atoms with Gasteiger partial charge in [0.2, 0.25) is 0 Å². The molecule has 0 atom stereocenters. The Hall–Kier alpha value is -2.66. The van der Waals surface area contributed by atoms with E-state index in [0.29, 0.717) is 16.9 Å². The minimum absolute atomic E-state index is 0. The van der Waals surface area contributed by atoms with Gasteiger partial charge in [-0.2, -0.15) is 0 Å². The summed E-state index contributed by atoms with van der Waals surface area (Å²) in [4.78, 5) is 26.9. The molecule has 0 saturated heterocycles. The number of carbonyl (C=O) groups is 1. The zero-order chi connectivity index (χ0) is 13.9.